The molecule has 0 amide bonds. The van der Waals surface area contributed by atoms with Crippen molar-refractivity contribution in [2.75, 3.05) is 0 Å². The van der Waals surface area contributed by atoms with Crippen LogP contribution in [0.3, 0.4) is 0 Å². The highest BCUT2D eigenvalue weighted by Crippen LogP contribution is 2.34. The third kappa shape index (κ3) is 5.72. The fourth-order valence-electron chi connectivity index (χ4n) is 4.06. The summed E-state index contributed by atoms with van der Waals surface area (Å²) in [5, 5.41) is 16.7. The van der Waals surface area contributed by atoms with E-state index in [-0.39, 0.29) is 5.78 Å². The van der Waals surface area contributed by atoms with Crippen LogP contribution in [-0.2, 0) is 16.0 Å². The monoisotopic (exact) mass is 437 g/mol. The third-order valence-electron chi connectivity index (χ3n) is 5.65. The highest BCUT2D eigenvalue weighted by molar-refractivity contribution is 6.08. The molecule has 0 aliphatic heterocycles. The van der Waals surface area contributed by atoms with Crippen LogP contribution in [0.5, 0.6) is 0 Å². The number of rotatable bonds is 7. The molecule has 0 atom stereocenters. The van der Waals surface area contributed by atoms with Gasteiger partial charge in [-0.05, 0) is 32.3 Å². The second-order valence-corrected chi connectivity index (χ2v) is 7.81. The predicted octanol–water partition coefficient (Wildman–Crippen LogP) is 4.32. The lowest BCUT2D eigenvalue weighted by atomic mass is 10.0. The zero-order valence-corrected chi connectivity index (χ0v) is 18.0. The number of hydrogen-bond donors (Lipinski definition) is 3. The number of aromatic amines is 1. The van der Waals surface area contributed by atoms with Crippen molar-refractivity contribution >= 4 is 28.6 Å². The number of aliphatic carboxylic acids is 2. The maximum absolute atomic E-state index is 12.8. The Balaban J connectivity index is 0.000000312. The Labute approximate surface area is 185 Å². The van der Waals surface area contributed by atoms with Crippen LogP contribution in [0.25, 0.3) is 10.9 Å². The minimum Gasteiger partial charge on any atom is -0.478 e. The molecule has 0 radical (unpaired) electrons. The standard InChI is InChI=1S/C20H23N3O.C4H4O4/c1-14-18(22-13-21-14)10-11-20(24)17-12-23(15-6-2-3-7-15)19-9-5-4-8-16(17)19;5-3(6)1-2-4(7)8/h4-5,8-9,12-13,15H,2-3,6-7,10-11H2,1H3,(H,21,22);1-2H,(H,5,6)(H,7,8)/b;2-1-. The second kappa shape index (κ2) is 10.6. The maximum atomic E-state index is 12.8. The number of Topliss-reactive ketones (excluding diaryl/α,β-unsaturated/α-hetero) is 1. The lowest BCUT2D eigenvalue weighted by Crippen LogP contribution is -2.04. The molecule has 168 valence electrons. The van der Waals surface area contributed by atoms with Crippen LogP contribution in [-0.4, -0.2) is 42.5 Å². The zero-order chi connectivity index (χ0) is 23.1. The van der Waals surface area contributed by atoms with Crippen LogP contribution >= 0.6 is 0 Å². The molecule has 1 saturated carbocycles. The van der Waals surface area contributed by atoms with Crippen molar-refractivity contribution in [2.45, 2.75) is 51.5 Å². The third-order valence-corrected chi connectivity index (χ3v) is 5.65. The Morgan fingerprint density at radius 3 is 2.38 bits per heavy atom. The number of carbonyl (C=O) groups is 3. The van der Waals surface area contributed by atoms with Gasteiger partial charge in [0, 0.05) is 53.0 Å². The Morgan fingerprint density at radius 1 is 1.12 bits per heavy atom. The van der Waals surface area contributed by atoms with Crippen molar-refractivity contribution in [1.29, 1.82) is 0 Å². The fraction of sp³-hybridized carbons (Fsp3) is 0.333. The molecule has 1 aliphatic rings. The lowest BCUT2D eigenvalue weighted by molar-refractivity contribution is -0.134. The molecule has 3 N–H and O–H groups in total. The Kier molecular flexibility index (Phi) is 7.59. The highest BCUT2D eigenvalue weighted by Gasteiger charge is 2.22. The summed E-state index contributed by atoms with van der Waals surface area (Å²) >= 11 is 0. The number of carbonyl (C=O) groups excluding carboxylic acids is 1. The first kappa shape index (κ1) is 23.0. The lowest BCUT2D eigenvalue weighted by Gasteiger charge is -2.12. The van der Waals surface area contributed by atoms with Gasteiger partial charge >= 0.3 is 11.9 Å². The fourth-order valence-corrected chi connectivity index (χ4v) is 4.06. The SMILES string of the molecule is Cc1[nH]cnc1CCC(=O)c1cn(C2CCCC2)c2ccccc12.O=C(O)/C=C\C(=O)O. The van der Waals surface area contributed by atoms with Gasteiger partial charge in [0.25, 0.3) is 0 Å². The van der Waals surface area contributed by atoms with Gasteiger partial charge in [-0.3, -0.25) is 4.79 Å². The number of aromatic nitrogens is 3. The number of carboxylic acids is 2. The van der Waals surface area contributed by atoms with Gasteiger partial charge in [-0.2, -0.15) is 0 Å². The summed E-state index contributed by atoms with van der Waals surface area (Å²) in [7, 11) is 0. The van der Waals surface area contributed by atoms with Gasteiger partial charge in [0.15, 0.2) is 5.78 Å². The van der Waals surface area contributed by atoms with Gasteiger partial charge in [-0.15, -0.1) is 0 Å². The Morgan fingerprint density at radius 2 is 1.78 bits per heavy atom. The number of nitrogens with zero attached hydrogens (tertiary/aromatic N) is 2. The van der Waals surface area contributed by atoms with E-state index >= 15 is 0 Å². The largest absolute Gasteiger partial charge is 0.478 e. The minimum atomic E-state index is -1.26. The summed E-state index contributed by atoms with van der Waals surface area (Å²) in [6.07, 6.45) is 11.1. The van der Waals surface area contributed by atoms with Crippen molar-refractivity contribution in [3.8, 4) is 0 Å². The van der Waals surface area contributed by atoms with E-state index in [1.807, 2.05) is 13.0 Å². The molecule has 32 heavy (non-hydrogen) atoms. The van der Waals surface area contributed by atoms with E-state index in [1.165, 1.54) is 31.2 Å². The Bertz CT molecular complexity index is 1120. The smallest absolute Gasteiger partial charge is 0.328 e. The van der Waals surface area contributed by atoms with Crippen LogP contribution in [0.1, 0.15) is 59.9 Å². The number of imidazole rings is 1. The van der Waals surface area contributed by atoms with Gasteiger partial charge in [-0.1, -0.05) is 31.0 Å². The van der Waals surface area contributed by atoms with Crippen LogP contribution in [0, 0.1) is 6.92 Å². The van der Waals surface area contributed by atoms with Gasteiger partial charge in [0.05, 0.1) is 12.0 Å². The minimum absolute atomic E-state index is 0.213. The molecule has 0 bridgehead atoms. The maximum Gasteiger partial charge on any atom is 0.328 e. The summed E-state index contributed by atoms with van der Waals surface area (Å²) < 4.78 is 2.34. The summed E-state index contributed by atoms with van der Waals surface area (Å²) in [5.41, 5.74) is 4.11. The van der Waals surface area contributed by atoms with Crippen LogP contribution in [0.15, 0.2) is 48.9 Å². The molecule has 1 aromatic carbocycles. The van der Waals surface area contributed by atoms with Crippen molar-refractivity contribution < 1.29 is 24.6 Å². The molecule has 4 rings (SSSR count). The van der Waals surface area contributed by atoms with E-state index in [0.717, 1.165) is 22.3 Å². The van der Waals surface area contributed by atoms with E-state index in [1.54, 1.807) is 6.33 Å². The molecule has 1 aliphatic carbocycles. The van der Waals surface area contributed by atoms with E-state index in [9.17, 15) is 14.4 Å². The topological polar surface area (TPSA) is 125 Å². The molecule has 1 fully saturated rings. The number of benzene rings is 1. The van der Waals surface area contributed by atoms with Crippen molar-refractivity contribution in [3.05, 3.63) is 65.9 Å². The molecule has 8 nitrogen and oxygen atoms in total. The van der Waals surface area contributed by atoms with Gasteiger partial charge in [0.2, 0.25) is 0 Å². The zero-order valence-electron chi connectivity index (χ0n) is 18.0. The molecule has 0 spiro atoms. The average molecular weight is 437 g/mol. The molecule has 2 aromatic heterocycles. The van der Waals surface area contributed by atoms with Gasteiger partial charge in [0.1, 0.15) is 0 Å². The molecular formula is C24H27N3O5. The van der Waals surface area contributed by atoms with E-state index in [2.05, 4.69) is 38.9 Å². The quantitative estimate of drug-likeness (QED) is 0.373. The molecule has 0 unspecified atom stereocenters. The molecule has 0 saturated heterocycles. The van der Waals surface area contributed by atoms with Crippen molar-refractivity contribution in [1.82, 2.24) is 14.5 Å². The number of ketones is 1. The number of aryl methyl sites for hydroxylation is 2. The van der Waals surface area contributed by atoms with Gasteiger partial charge < -0.3 is 19.8 Å². The summed E-state index contributed by atoms with van der Waals surface area (Å²) in [4.78, 5) is 39.3. The number of hydrogen-bond acceptors (Lipinski definition) is 4. The van der Waals surface area contributed by atoms with Gasteiger partial charge in [-0.25, -0.2) is 14.6 Å². The molecule has 2 heterocycles. The summed E-state index contributed by atoms with van der Waals surface area (Å²) in [6, 6.07) is 8.85. The summed E-state index contributed by atoms with van der Waals surface area (Å²) in [5.74, 6) is -2.30. The summed E-state index contributed by atoms with van der Waals surface area (Å²) in [6.45, 7) is 2.00. The molecule has 3 aromatic rings. The molecular weight excluding hydrogens is 410 g/mol. The second-order valence-electron chi connectivity index (χ2n) is 7.81. The van der Waals surface area contributed by atoms with Crippen LogP contribution in [0.4, 0.5) is 0 Å². The number of para-hydroxylation sites is 1. The first-order valence-corrected chi connectivity index (χ1v) is 10.6. The average Bonchev–Trinajstić information content (AvgIpc) is 3.51. The highest BCUT2D eigenvalue weighted by atomic mass is 16.4. The van der Waals surface area contributed by atoms with Crippen molar-refractivity contribution in [2.24, 2.45) is 0 Å². The number of fused-ring (bicyclic) bond motifs is 1. The van der Waals surface area contributed by atoms with Crippen molar-refractivity contribution in [3.63, 3.8) is 0 Å². The van der Waals surface area contributed by atoms with Crippen LogP contribution < -0.4 is 0 Å². The number of H-pyrrole nitrogens is 1. The van der Waals surface area contributed by atoms with Crippen LogP contribution in [0.2, 0.25) is 0 Å². The van der Waals surface area contributed by atoms with E-state index < -0.39 is 11.9 Å². The first-order valence-electron chi connectivity index (χ1n) is 10.6. The van der Waals surface area contributed by atoms with E-state index in [4.69, 9.17) is 10.2 Å². The molecule has 8 heteroatoms. The number of carboxylic acid groups (broad SMARTS) is 2. The van der Waals surface area contributed by atoms with E-state index in [0.29, 0.717) is 31.0 Å². The normalized spacial score (nSPS) is 13.9. The number of nitrogens with one attached hydrogen (secondary N) is 1. The first-order chi connectivity index (χ1) is 15.4. The Hall–Kier alpha value is -3.68. The predicted molar refractivity (Wildman–Crippen MR) is 120 cm³/mol.